The Morgan fingerprint density at radius 2 is 1.28 bits per heavy atom. The van der Waals surface area contributed by atoms with Crippen LogP contribution in [-0.2, 0) is 48.4 Å². The van der Waals surface area contributed by atoms with Gasteiger partial charge in [-0.1, -0.05) is 0 Å². The highest BCUT2D eigenvalue weighted by molar-refractivity contribution is 7.19. The van der Waals surface area contributed by atoms with Crippen molar-refractivity contribution in [3.05, 3.63) is 80.1 Å². The molecule has 2 aliphatic heterocycles. The number of likely N-dealkylation sites (N-methyl/N-ethyl adjacent to an activating group) is 1. The van der Waals surface area contributed by atoms with Crippen LogP contribution in [0.1, 0.15) is 62.9 Å². The first kappa shape index (κ1) is 40.4. The summed E-state index contributed by atoms with van der Waals surface area (Å²) in [4.78, 5) is 56.9. The highest BCUT2D eigenvalue weighted by atomic mass is 32.1. The van der Waals surface area contributed by atoms with Crippen LogP contribution >= 0.6 is 22.7 Å². The van der Waals surface area contributed by atoms with Crippen LogP contribution in [0.2, 0.25) is 0 Å². The first-order chi connectivity index (χ1) is 29.8. The van der Waals surface area contributed by atoms with Crippen LogP contribution in [0.5, 0.6) is 11.5 Å². The largest absolute Gasteiger partial charge is 0.495 e. The van der Waals surface area contributed by atoms with Crippen molar-refractivity contribution >= 4 is 90.4 Å². The molecule has 0 saturated heterocycles. The minimum Gasteiger partial charge on any atom is -0.495 e. The van der Waals surface area contributed by atoms with Crippen LogP contribution in [0.15, 0.2) is 46.9 Å². The molecule has 6 heterocycles. The van der Waals surface area contributed by atoms with Crippen molar-refractivity contribution in [1.82, 2.24) is 24.8 Å². The predicted octanol–water partition coefficient (Wildman–Crippen LogP) is 6.89. The van der Waals surface area contributed by atoms with Crippen LogP contribution in [0.3, 0.4) is 0 Å². The number of carbonyl (C=O) groups excluding carboxylic acids is 1. The number of rotatable bonds is 11. The molecule has 1 amide bonds. The summed E-state index contributed by atoms with van der Waals surface area (Å²) < 4.78 is 11.2. The van der Waals surface area contributed by atoms with Crippen molar-refractivity contribution in [2.75, 3.05) is 44.5 Å². The van der Waals surface area contributed by atoms with Crippen LogP contribution in [-0.4, -0.2) is 93.3 Å². The number of aliphatic carboxylic acids is 1. The molecule has 0 spiro atoms. The number of amides is 1. The summed E-state index contributed by atoms with van der Waals surface area (Å²) in [5, 5.41) is 27.6. The molecule has 61 heavy (non-hydrogen) atoms. The second-order valence-corrected chi connectivity index (χ2v) is 17.5. The van der Waals surface area contributed by atoms with E-state index in [2.05, 4.69) is 40.6 Å². The summed E-state index contributed by atoms with van der Waals surface area (Å²) in [5.41, 5.74) is 8.52. The summed E-state index contributed by atoms with van der Waals surface area (Å²) in [6, 6.07) is 8.10. The number of aliphatic imine (C=N–C) groups is 2. The normalized spacial score (nSPS) is 16.9. The van der Waals surface area contributed by atoms with Gasteiger partial charge < -0.3 is 35.2 Å². The standard InChI is InChI=1S/C24H27N5O3S.C20H18N4O3S/c1-3-29(6-7-30)24(31)14-4-5-17-20(10-14)33-23-21(17)22(26-13-27-23)28-18-8-15-11-25-12-16(15)9-19(18)32-2;1-27-15-5-12-8-21-7-11(12)4-14(15)24-18-17-13-3-2-10(20(25)26)6-16(13)28-19(17)23-9-22-18/h8-9,11,13-14,30H,3-7,10,12H2,1-2H3,(H,26,27,28);4-5,7,9-10H,2-3,6,8H2,1H3,(H,25,26)(H,22,23,24). The molecule has 2 atom stereocenters. The van der Waals surface area contributed by atoms with Crippen LogP contribution in [0.25, 0.3) is 20.4 Å². The molecule has 4 aromatic heterocycles. The Morgan fingerprint density at radius 1 is 0.770 bits per heavy atom. The number of aromatic nitrogens is 4. The average molecular weight is 860 g/mol. The number of benzene rings is 2. The van der Waals surface area contributed by atoms with Gasteiger partial charge in [-0.15, -0.1) is 22.7 Å². The maximum absolute atomic E-state index is 13.0. The maximum Gasteiger partial charge on any atom is 0.306 e. The number of hydrogen-bond acceptors (Lipinski definition) is 15. The van der Waals surface area contributed by atoms with Crippen LogP contribution < -0.4 is 20.1 Å². The fourth-order valence-electron chi connectivity index (χ4n) is 8.70. The molecule has 314 valence electrons. The Hall–Kier alpha value is -6.04. The molecule has 0 saturated carbocycles. The molecule has 17 heteroatoms. The minimum absolute atomic E-state index is 0.0108. The van der Waals surface area contributed by atoms with Gasteiger partial charge in [0.05, 0.1) is 62.0 Å². The second-order valence-electron chi connectivity index (χ2n) is 15.4. The molecule has 4 aliphatic rings. The van der Waals surface area contributed by atoms with Crippen molar-refractivity contribution < 1.29 is 29.3 Å². The third-order valence-electron chi connectivity index (χ3n) is 11.9. The molecule has 15 nitrogen and oxygen atoms in total. The number of carboxylic acids is 1. The lowest BCUT2D eigenvalue weighted by Crippen LogP contribution is -2.39. The van der Waals surface area contributed by atoms with Gasteiger partial charge in [0, 0.05) is 41.2 Å². The monoisotopic (exact) mass is 859 g/mol. The van der Waals surface area contributed by atoms with Gasteiger partial charge in [-0.3, -0.25) is 19.6 Å². The number of fused-ring (bicyclic) bond motifs is 8. The van der Waals surface area contributed by atoms with Crippen molar-refractivity contribution in [3.8, 4) is 11.5 Å². The number of aliphatic hydroxyl groups is 1. The molecule has 4 N–H and O–H groups in total. The third-order valence-corrected chi connectivity index (χ3v) is 14.2. The molecule has 10 rings (SSSR count). The Morgan fingerprint density at radius 3 is 1.75 bits per heavy atom. The summed E-state index contributed by atoms with van der Waals surface area (Å²) in [7, 11) is 3.31. The number of thiophene rings is 2. The number of carbonyl (C=O) groups is 2. The number of hydrogen-bond donors (Lipinski definition) is 4. The van der Waals surface area contributed by atoms with Gasteiger partial charge in [0.25, 0.3) is 0 Å². The summed E-state index contributed by atoms with van der Waals surface area (Å²) in [6.07, 6.45) is 11.1. The summed E-state index contributed by atoms with van der Waals surface area (Å²) in [6.45, 7) is 4.29. The van der Waals surface area contributed by atoms with Crippen molar-refractivity contribution in [3.63, 3.8) is 0 Å². The molecule has 2 aromatic carbocycles. The second kappa shape index (κ2) is 17.1. The minimum atomic E-state index is -0.725. The fraction of sp³-hybridized carbons (Fsp3) is 0.364. The number of methoxy groups -OCH3 is 2. The van der Waals surface area contributed by atoms with E-state index in [4.69, 9.17) is 9.47 Å². The summed E-state index contributed by atoms with van der Waals surface area (Å²) in [5.74, 6) is 2.00. The average Bonchev–Trinajstić information content (AvgIpc) is 4.09. The number of nitrogens with one attached hydrogen (secondary N) is 2. The molecule has 6 aromatic rings. The Balaban J connectivity index is 0.000000158. The molecule has 0 bridgehead atoms. The van der Waals surface area contributed by atoms with E-state index >= 15 is 0 Å². The SMILES string of the molecule is CCN(CCO)C(=O)C1CCc2c(sc3ncnc(Nc4cc5c(cc4OC)CN=C5)c23)C1.COc1cc2c(cc1Nc1ncnc3sc4c(c13)CCC(C(=O)O)C4)C=NC2. The van der Waals surface area contributed by atoms with E-state index in [0.717, 1.165) is 101 Å². The lowest BCUT2D eigenvalue weighted by molar-refractivity contribution is -0.142. The maximum atomic E-state index is 13.0. The number of aliphatic hydroxyl groups excluding tert-OH is 1. The van der Waals surface area contributed by atoms with E-state index in [0.29, 0.717) is 45.4 Å². The van der Waals surface area contributed by atoms with Gasteiger partial charge in [0.15, 0.2) is 0 Å². The number of aryl methyl sites for hydroxylation is 2. The van der Waals surface area contributed by atoms with Gasteiger partial charge in [-0.25, -0.2) is 19.9 Å². The third kappa shape index (κ3) is 7.77. The number of anilines is 4. The molecule has 0 radical (unpaired) electrons. The molecule has 2 aliphatic carbocycles. The van der Waals surface area contributed by atoms with E-state index in [1.54, 1.807) is 54.4 Å². The van der Waals surface area contributed by atoms with Gasteiger partial charge in [-0.2, -0.15) is 0 Å². The molecular weight excluding hydrogens is 815 g/mol. The molecule has 2 unspecified atom stereocenters. The summed E-state index contributed by atoms with van der Waals surface area (Å²) >= 11 is 3.21. The highest BCUT2D eigenvalue weighted by Gasteiger charge is 2.32. The van der Waals surface area contributed by atoms with E-state index in [-0.39, 0.29) is 24.3 Å². The number of ether oxygens (including phenoxy) is 2. The van der Waals surface area contributed by atoms with Crippen molar-refractivity contribution in [2.24, 2.45) is 21.8 Å². The van der Waals surface area contributed by atoms with Crippen LogP contribution in [0.4, 0.5) is 23.0 Å². The number of nitrogens with zero attached hydrogens (tertiary/aromatic N) is 7. The van der Waals surface area contributed by atoms with E-state index in [1.165, 1.54) is 16.0 Å². The highest BCUT2D eigenvalue weighted by Crippen LogP contribution is 2.44. The molecule has 0 fully saturated rings. The van der Waals surface area contributed by atoms with Crippen molar-refractivity contribution in [1.29, 1.82) is 0 Å². The predicted molar refractivity (Wildman–Crippen MR) is 238 cm³/mol. The first-order valence-electron chi connectivity index (χ1n) is 20.3. The zero-order valence-corrected chi connectivity index (χ0v) is 35.7. The smallest absolute Gasteiger partial charge is 0.306 e. The fourth-order valence-corrected chi connectivity index (χ4v) is 11.2. The Labute approximate surface area is 359 Å². The zero-order chi connectivity index (χ0) is 42.2. The van der Waals surface area contributed by atoms with E-state index in [9.17, 15) is 19.8 Å². The molecular formula is C44H45N9O6S2. The lowest BCUT2D eigenvalue weighted by atomic mass is 9.87. The van der Waals surface area contributed by atoms with Crippen molar-refractivity contribution in [2.45, 2.75) is 58.5 Å². The zero-order valence-electron chi connectivity index (χ0n) is 34.0. The van der Waals surface area contributed by atoms with E-state index < -0.39 is 5.97 Å². The quantitative estimate of drug-likeness (QED) is 0.106. The van der Waals surface area contributed by atoms with Gasteiger partial charge in [-0.05, 0) is 103 Å². The van der Waals surface area contributed by atoms with Gasteiger partial charge >= 0.3 is 5.97 Å². The van der Waals surface area contributed by atoms with Gasteiger partial charge in [0.1, 0.15) is 45.5 Å². The Kier molecular flexibility index (Phi) is 11.3. The Bertz CT molecular complexity index is 2750. The first-order valence-corrected chi connectivity index (χ1v) is 22.0. The lowest BCUT2D eigenvalue weighted by Gasteiger charge is -2.28. The number of carboxylic acid groups (broad SMARTS) is 1. The van der Waals surface area contributed by atoms with E-state index in [1.807, 2.05) is 43.6 Å². The van der Waals surface area contributed by atoms with Gasteiger partial charge in [0.2, 0.25) is 5.91 Å². The topological polar surface area (TPSA) is 197 Å². The van der Waals surface area contributed by atoms with Crippen LogP contribution in [0, 0.1) is 11.8 Å².